The van der Waals surface area contributed by atoms with E-state index in [0.29, 0.717) is 34.2 Å². The molecule has 0 amide bonds. The summed E-state index contributed by atoms with van der Waals surface area (Å²) >= 11 is 0. The molecule has 3 heterocycles. The minimum Gasteiger partial charge on any atom is -0.497 e. The summed E-state index contributed by atoms with van der Waals surface area (Å²) in [5, 5.41) is 6.68. The van der Waals surface area contributed by atoms with Gasteiger partial charge >= 0.3 is 6.01 Å². The zero-order valence-electron chi connectivity index (χ0n) is 21.7. The van der Waals surface area contributed by atoms with Crippen LogP contribution in [0.2, 0.25) is 0 Å². The number of anilines is 2. The van der Waals surface area contributed by atoms with Crippen molar-refractivity contribution < 1.29 is 9.47 Å². The summed E-state index contributed by atoms with van der Waals surface area (Å²) in [6, 6.07) is 19.4. The van der Waals surface area contributed by atoms with E-state index in [1.54, 1.807) is 23.9 Å². The number of hydrogen-bond donors (Lipinski definition) is 2. The number of nitrogens with zero attached hydrogens (tertiary/aromatic N) is 4. The second-order valence-corrected chi connectivity index (χ2v) is 9.33. The fourth-order valence-electron chi connectivity index (χ4n) is 5.10. The number of H-pyrrole nitrogens is 1. The highest BCUT2D eigenvalue weighted by atomic mass is 16.5. The molecule has 3 aromatic heterocycles. The van der Waals surface area contributed by atoms with Gasteiger partial charge in [-0.1, -0.05) is 54.6 Å². The highest BCUT2D eigenvalue weighted by Gasteiger charge is 2.27. The highest BCUT2D eigenvalue weighted by Crippen LogP contribution is 2.39. The highest BCUT2D eigenvalue weighted by molar-refractivity contribution is 5.81. The molecule has 2 aromatic carbocycles. The molecule has 6 rings (SSSR count). The summed E-state index contributed by atoms with van der Waals surface area (Å²) in [6.45, 7) is 0. The van der Waals surface area contributed by atoms with Gasteiger partial charge in [0.2, 0.25) is 0 Å². The summed E-state index contributed by atoms with van der Waals surface area (Å²) in [4.78, 5) is 27.8. The second-order valence-electron chi connectivity index (χ2n) is 9.33. The van der Waals surface area contributed by atoms with Crippen molar-refractivity contribution in [1.29, 1.82) is 0 Å². The van der Waals surface area contributed by atoms with Crippen molar-refractivity contribution >= 4 is 17.3 Å². The third-order valence-corrected chi connectivity index (χ3v) is 7.00. The first-order chi connectivity index (χ1) is 19.2. The number of aromatic amines is 1. The van der Waals surface area contributed by atoms with Gasteiger partial charge in [0.25, 0.3) is 5.56 Å². The van der Waals surface area contributed by atoms with Crippen LogP contribution in [-0.4, -0.2) is 38.8 Å². The number of allylic oxidation sites excluding steroid dienone is 2. The summed E-state index contributed by atoms with van der Waals surface area (Å²) < 4.78 is 12.1. The standard InChI is InChI=1S/C30H28N6O3/c1-38-22-15-13-20(14-16-22)25-27(32-23-17-18-31-30(33-23)39-2)34-28-24(19-9-5-3-6-10-19)26(35-36(28)29(25)37)21-11-7-4-8-12-21/h3-5,7-8,11-19,35H,6,9-10H2,1-2H3,(H,31,32,33). The number of ether oxygens (including phenoxy) is 2. The molecule has 9 nitrogen and oxygen atoms in total. The fraction of sp³-hybridized carbons (Fsp3) is 0.200. The Kier molecular flexibility index (Phi) is 6.54. The van der Waals surface area contributed by atoms with Gasteiger partial charge < -0.3 is 14.8 Å². The number of aromatic nitrogens is 5. The first-order valence-corrected chi connectivity index (χ1v) is 12.8. The number of nitrogens with one attached hydrogen (secondary N) is 2. The van der Waals surface area contributed by atoms with Gasteiger partial charge in [-0.15, -0.1) is 0 Å². The lowest BCUT2D eigenvalue weighted by atomic mass is 9.86. The van der Waals surface area contributed by atoms with E-state index in [9.17, 15) is 4.79 Å². The van der Waals surface area contributed by atoms with E-state index in [1.165, 1.54) is 7.11 Å². The summed E-state index contributed by atoms with van der Waals surface area (Å²) in [6.07, 6.45) is 8.86. The SMILES string of the molecule is COc1ccc(-c2c(Nc3ccnc(OC)n3)nc3c(C4CC=CCC4)c(-c4ccccc4)[nH]n3c2=O)cc1. The Labute approximate surface area is 225 Å². The average Bonchev–Trinajstić information content (AvgIpc) is 3.38. The Balaban J connectivity index is 1.62. The smallest absolute Gasteiger partial charge is 0.318 e. The van der Waals surface area contributed by atoms with Gasteiger partial charge in [-0.25, -0.2) is 14.5 Å². The largest absolute Gasteiger partial charge is 0.497 e. The zero-order chi connectivity index (χ0) is 26.8. The van der Waals surface area contributed by atoms with E-state index in [0.717, 1.165) is 36.1 Å². The molecular formula is C30H28N6O3. The Morgan fingerprint density at radius 1 is 0.949 bits per heavy atom. The first-order valence-electron chi connectivity index (χ1n) is 12.8. The molecule has 39 heavy (non-hydrogen) atoms. The number of fused-ring (bicyclic) bond motifs is 1. The van der Waals surface area contributed by atoms with Crippen LogP contribution in [0, 0.1) is 0 Å². The van der Waals surface area contributed by atoms with Crippen molar-refractivity contribution in [3.8, 4) is 34.1 Å². The molecule has 1 aliphatic carbocycles. The van der Waals surface area contributed by atoms with Gasteiger partial charge in [0.1, 0.15) is 17.4 Å². The van der Waals surface area contributed by atoms with Crippen LogP contribution < -0.4 is 20.3 Å². The van der Waals surface area contributed by atoms with Gasteiger partial charge in [0, 0.05) is 11.8 Å². The molecule has 0 saturated carbocycles. The molecule has 196 valence electrons. The Bertz CT molecular complexity index is 1710. The van der Waals surface area contributed by atoms with Gasteiger partial charge in [-0.05, 0) is 54.5 Å². The maximum atomic E-state index is 14.2. The monoisotopic (exact) mass is 520 g/mol. The van der Waals surface area contributed by atoms with Crippen molar-refractivity contribution in [2.24, 2.45) is 0 Å². The van der Waals surface area contributed by atoms with Crippen LogP contribution in [0.1, 0.15) is 30.7 Å². The van der Waals surface area contributed by atoms with E-state index in [1.807, 2.05) is 42.5 Å². The first kappa shape index (κ1) is 24.4. The van der Waals surface area contributed by atoms with Crippen LogP contribution >= 0.6 is 0 Å². The molecule has 0 aliphatic heterocycles. The third kappa shape index (κ3) is 4.63. The van der Waals surface area contributed by atoms with Crippen molar-refractivity contribution in [2.75, 3.05) is 19.5 Å². The minimum absolute atomic E-state index is 0.214. The van der Waals surface area contributed by atoms with Crippen LogP contribution in [0.25, 0.3) is 28.0 Å². The number of benzene rings is 2. The lowest BCUT2D eigenvalue weighted by Crippen LogP contribution is -2.20. The fourth-order valence-corrected chi connectivity index (χ4v) is 5.10. The van der Waals surface area contributed by atoms with Gasteiger partial charge in [0.15, 0.2) is 5.65 Å². The lowest BCUT2D eigenvalue weighted by Gasteiger charge is -2.19. The van der Waals surface area contributed by atoms with E-state index in [4.69, 9.17) is 14.5 Å². The molecule has 0 radical (unpaired) electrons. The molecule has 5 aromatic rings. The molecular weight excluding hydrogens is 492 g/mol. The molecule has 0 bridgehead atoms. The van der Waals surface area contributed by atoms with Crippen LogP contribution in [0.5, 0.6) is 11.8 Å². The van der Waals surface area contributed by atoms with Crippen molar-refractivity contribution in [3.63, 3.8) is 0 Å². The molecule has 0 fully saturated rings. The lowest BCUT2D eigenvalue weighted by molar-refractivity contribution is 0.380. The third-order valence-electron chi connectivity index (χ3n) is 7.00. The van der Waals surface area contributed by atoms with Crippen LogP contribution in [0.3, 0.4) is 0 Å². The maximum absolute atomic E-state index is 14.2. The quantitative estimate of drug-likeness (QED) is 0.264. The van der Waals surface area contributed by atoms with Crippen molar-refractivity contribution in [2.45, 2.75) is 25.2 Å². The van der Waals surface area contributed by atoms with E-state index in [2.05, 4.69) is 44.7 Å². The summed E-state index contributed by atoms with van der Waals surface area (Å²) in [7, 11) is 3.12. The predicted octanol–water partition coefficient (Wildman–Crippen LogP) is 5.73. The van der Waals surface area contributed by atoms with Crippen LogP contribution in [-0.2, 0) is 0 Å². The van der Waals surface area contributed by atoms with Crippen LogP contribution in [0.15, 0.2) is 83.8 Å². The van der Waals surface area contributed by atoms with Gasteiger partial charge in [0.05, 0.1) is 25.5 Å². The topological polar surface area (TPSA) is 106 Å². The summed E-state index contributed by atoms with van der Waals surface area (Å²) in [5.74, 6) is 1.78. The Hall–Kier alpha value is -4.92. The molecule has 9 heteroatoms. The second kappa shape index (κ2) is 10.4. The molecule has 1 atom stereocenters. The molecule has 1 aliphatic rings. The maximum Gasteiger partial charge on any atom is 0.318 e. The van der Waals surface area contributed by atoms with Gasteiger partial charge in [-0.2, -0.15) is 4.98 Å². The van der Waals surface area contributed by atoms with Gasteiger partial charge in [-0.3, -0.25) is 9.89 Å². The normalized spacial score (nSPS) is 14.9. The average molecular weight is 521 g/mol. The Morgan fingerprint density at radius 2 is 1.77 bits per heavy atom. The molecule has 0 saturated heterocycles. The number of methoxy groups -OCH3 is 2. The van der Waals surface area contributed by atoms with E-state index in [-0.39, 0.29) is 17.5 Å². The van der Waals surface area contributed by atoms with Crippen LogP contribution in [0.4, 0.5) is 11.6 Å². The van der Waals surface area contributed by atoms with Crippen molar-refractivity contribution in [1.82, 2.24) is 24.6 Å². The number of hydrogen-bond acceptors (Lipinski definition) is 7. The molecule has 0 spiro atoms. The zero-order valence-corrected chi connectivity index (χ0v) is 21.7. The molecule has 1 unspecified atom stereocenters. The number of rotatable bonds is 7. The van der Waals surface area contributed by atoms with E-state index >= 15 is 0 Å². The van der Waals surface area contributed by atoms with E-state index < -0.39 is 0 Å². The van der Waals surface area contributed by atoms with Crippen molar-refractivity contribution in [3.05, 3.63) is 94.9 Å². The summed E-state index contributed by atoms with van der Waals surface area (Å²) in [5.41, 5.74) is 4.43. The predicted molar refractivity (Wildman–Crippen MR) is 151 cm³/mol. The Morgan fingerprint density at radius 3 is 2.49 bits per heavy atom. The minimum atomic E-state index is -0.219. The molecule has 2 N–H and O–H groups in total.